The summed E-state index contributed by atoms with van der Waals surface area (Å²) in [5, 5.41) is 10.1. The van der Waals surface area contributed by atoms with Crippen molar-refractivity contribution >= 4 is 10.9 Å². The zero-order valence-corrected chi connectivity index (χ0v) is 10.8. The molecular formula is C17H12N2O. The smallest absolute Gasteiger partial charge is 0.215 e. The number of benzene rings is 2. The van der Waals surface area contributed by atoms with Crippen LogP contribution in [0.25, 0.3) is 10.9 Å². The minimum Gasteiger partial charge on any atom is -0.473 e. The number of hydrogen-bond acceptors (Lipinski definition) is 3. The van der Waals surface area contributed by atoms with Crippen LogP contribution < -0.4 is 4.74 Å². The second-order valence-corrected chi connectivity index (χ2v) is 4.41. The Labute approximate surface area is 117 Å². The van der Waals surface area contributed by atoms with Crippen molar-refractivity contribution in [3.8, 4) is 11.9 Å². The van der Waals surface area contributed by atoms with E-state index in [2.05, 4.69) is 11.1 Å². The lowest BCUT2D eigenvalue weighted by molar-refractivity contribution is 0.295. The third-order valence-electron chi connectivity index (χ3n) is 3.04. The van der Waals surface area contributed by atoms with Crippen LogP contribution >= 0.6 is 0 Å². The molecule has 0 aliphatic heterocycles. The van der Waals surface area contributed by atoms with E-state index in [1.54, 1.807) is 6.07 Å². The summed E-state index contributed by atoms with van der Waals surface area (Å²) in [7, 11) is 0. The van der Waals surface area contributed by atoms with Crippen LogP contribution in [0.15, 0.2) is 60.7 Å². The molecule has 0 radical (unpaired) electrons. The van der Waals surface area contributed by atoms with Gasteiger partial charge in [-0.25, -0.2) is 4.98 Å². The molecule has 3 heteroatoms. The summed E-state index contributed by atoms with van der Waals surface area (Å²) in [6.45, 7) is 0.442. The first-order chi connectivity index (χ1) is 9.86. The number of rotatable bonds is 3. The van der Waals surface area contributed by atoms with E-state index in [4.69, 9.17) is 4.74 Å². The van der Waals surface area contributed by atoms with Crippen molar-refractivity contribution in [2.45, 2.75) is 6.61 Å². The van der Waals surface area contributed by atoms with Crippen molar-refractivity contribution in [1.82, 2.24) is 4.98 Å². The number of fused-ring (bicyclic) bond motifs is 1. The zero-order valence-electron chi connectivity index (χ0n) is 10.8. The lowest BCUT2D eigenvalue weighted by atomic mass is 10.1. The molecular weight excluding hydrogens is 248 g/mol. The van der Waals surface area contributed by atoms with Gasteiger partial charge in [0.25, 0.3) is 0 Å². The monoisotopic (exact) mass is 260 g/mol. The van der Waals surface area contributed by atoms with E-state index >= 15 is 0 Å². The van der Waals surface area contributed by atoms with Crippen molar-refractivity contribution < 1.29 is 4.74 Å². The van der Waals surface area contributed by atoms with Crippen LogP contribution in [-0.4, -0.2) is 4.98 Å². The lowest BCUT2D eigenvalue weighted by Gasteiger charge is -2.07. The van der Waals surface area contributed by atoms with E-state index in [-0.39, 0.29) is 0 Å². The summed E-state index contributed by atoms with van der Waals surface area (Å²) in [6.07, 6.45) is 0. The summed E-state index contributed by atoms with van der Waals surface area (Å²) in [5.74, 6) is 0.476. The van der Waals surface area contributed by atoms with E-state index in [9.17, 15) is 5.26 Å². The molecule has 0 saturated carbocycles. The van der Waals surface area contributed by atoms with E-state index in [0.29, 0.717) is 18.1 Å². The Hall–Kier alpha value is -2.86. The van der Waals surface area contributed by atoms with Gasteiger partial charge in [-0.3, -0.25) is 0 Å². The Balaban J connectivity index is 1.91. The second kappa shape index (κ2) is 5.41. The predicted octanol–water partition coefficient (Wildman–Crippen LogP) is 3.69. The predicted molar refractivity (Wildman–Crippen MR) is 77.2 cm³/mol. The van der Waals surface area contributed by atoms with Crippen LogP contribution in [-0.2, 0) is 6.61 Å². The Bertz CT molecular complexity index is 776. The molecule has 3 aromatic rings. The molecule has 0 aliphatic rings. The highest BCUT2D eigenvalue weighted by Crippen LogP contribution is 2.21. The van der Waals surface area contributed by atoms with Gasteiger partial charge in [-0.1, -0.05) is 48.5 Å². The molecule has 1 aromatic heterocycles. The minimum absolute atomic E-state index is 0.442. The average molecular weight is 260 g/mol. The summed E-state index contributed by atoms with van der Waals surface area (Å²) in [6, 6.07) is 21.3. The Kier molecular flexibility index (Phi) is 3.30. The topological polar surface area (TPSA) is 45.9 Å². The SMILES string of the molecule is N#Cc1cc(OCc2ccccc2)nc2ccccc12. The lowest BCUT2D eigenvalue weighted by Crippen LogP contribution is -1.98. The summed E-state index contributed by atoms with van der Waals surface area (Å²) in [5.41, 5.74) is 2.43. The summed E-state index contributed by atoms with van der Waals surface area (Å²) in [4.78, 5) is 4.43. The highest BCUT2D eigenvalue weighted by molar-refractivity contribution is 5.85. The number of aromatic nitrogens is 1. The maximum absolute atomic E-state index is 9.21. The molecule has 0 atom stereocenters. The van der Waals surface area contributed by atoms with Gasteiger partial charge in [0.15, 0.2) is 0 Å². The molecule has 0 aliphatic carbocycles. The number of hydrogen-bond donors (Lipinski definition) is 0. The molecule has 1 heterocycles. The first kappa shape index (κ1) is 12.2. The van der Waals surface area contributed by atoms with E-state index in [0.717, 1.165) is 16.5 Å². The van der Waals surface area contributed by atoms with Crippen LogP contribution in [0.5, 0.6) is 5.88 Å². The van der Waals surface area contributed by atoms with Crippen molar-refractivity contribution in [2.75, 3.05) is 0 Å². The van der Waals surface area contributed by atoms with Gasteiger partial charge >= 0.3 is 0 Å². The fraction of sp³-hybridized carbons (Fsp3) is 0.0588. The Morgan fingerprint density at radius 3 is 2.55 bits per heavy atom. The Morgan fingerprint density at radius 1 is 1.00 bits per heavy atom. The normalized spacial score (nSPS) is 10.2. The standard InChI is InChI=1S/C17H12N2O/c18-11-14-10-17(19-16-9-5-4-8-15(14)16)20-12-13-6-2-1-3-7-13/h1-10H,12H2. The molecule has 0 unspecified atom stereocenters. The number of para-hydroxylation sites is 1. The highest BCUT2D eigenvalue weighted by Gasteiger charge is 2.06. The van der Waals surface area contributed by atoms with E-state index in [1.807, 2.05) is 54.6 Å². The molecule has 2 aromatic carbocycles. The number of nitrogens with zero attached hydrogens (tertiary/aromatic N) is 2. The third-order valence-corrected chi connectivity index (χ3v) is 3.04. The average Bonchev–Trinajstić information content (AvgIpc) is 2.53. The van der Waals surface area contributed by atoms with Crippen molar-refractivity contribution in [1.29, 1.82) is 5.26 Å². The molecule has 0 spiro atoms. The fourth-order valence-corrected chi connectivity index (χ4v) is 2.05. The molecule has 0 saturated heterocycles. The number of nitriles is 1. The molecule has 0 bridgehead atoms. The van der Waals surface area contributed by atoms with Gasteiger partial charge < -0.3 is 4.74 Å². The van der Waals surface area contributed by atoms with Gasteiger partial charge in [-0.05, 0) is 11.6 Å². The summed E-state index contributed by atoms with van der Waals surface area (Å²) >= 11 is 0. The van der Waals surface area contributed by atoms with Crippen molar-refractivity contribution in [3.05, 3.63) is 71.8 Å². The van der Waals surface area contributed by atoms with Crippen molar-refractivity contribution in [3.63, 3.8) is 0 Å². The molecule has 0 N–H and O–H groups in total. The number of pyridine rings is 1. The maximum Gasteiger partial charge on any atom is 0.215 e. The molecule has 0 amide bonds. The quantitative estimate of drug-likeness (QED) is 0.721. The minimum atomic E-state index is 0.442. The zero-order chi connectivity index (χ0) is 13.8. The van der Waals surface area contributed by atoms with Crippen molar-refractivity contribution in [2.24, 2.45) is 0 Å². The first-order valence-electron chi connectivity index (χ1n) is 6.33. The highest BCUT2D eigenvalue weighted by atomic mass is 16.5. The van der Waals surface area contributed by atoms with Gasteiger partial charge in [0.1, 0.15) is 12.7 Å². The number of ether oxygens (including phenoxy) is 1. The third kappa shape index (κ3) is 2.45. The van der Waals surface area contributed by atoms with Gasteiger partial charge in [-0.15, -0.1) is 0 Å². The fourth-order valence-electron chi connectivity index (χ4n) is 2.05. The second-order valence-electron chi connectivity index (χ2n) is 4.41. The maximum atomic E-state index is 9.21. The van der Waals surface area contributed by atoms with Crippen LogP contribution in [0.1, 0.15) is 11.1 Å². The summed E-state index contributed by atoms with van der Waals surface area (Å²) < 4.78 is 5.68. The van der Waals surface area contributed by atoms with E-state index < -0.39 is 0 Å². The van der Waals surface area contributed by atoms with Crippen LogP contribution in [0.4, 0.5) is 0 Å². The molecule has 20 heavy (non-hydrogen) atoms. The van der Waals surface area contributed by atoms with Gasteiger partial charge in [0.2, 0.25) is 5.88 Å². The molecule has 3 nitrogen and oxygen atoms in total. The van der Waals surface area contributed by atoms with Crippen LogP contribution in [0, 0.1) is 11.3 Å². The largest absolute Gasteiger partial charge is 0.473 e. The van der Waals surface area contributed by atoms with Crippen LogP contribution in [0.3, 0.4) is 0 Å². The van der Waals surface area contributed by atoms with Crippen LogP contribution in [0.2, 0.25) is 0 Å². The van der Waals surface area contributed by atoms with Gasteiger partial charge in [0, 0.05) is 11.5 Å². The van der Waals surface area contributed by atoms with Gasteiger partial charge in [-0.2, -0.15) is 5.26 Å². The van der Waals surface area contributed by atoms with Gasteiger partial charge in [0.05, 0.1) is 11.1 Å². The van der Waals surface area contributed by atoms with E-state index in [1.165, 1.54) is 0 Å². The first-order valence-corrected chi connectivity index (χ1v) is 6.33. The molecule has 3 rings (SSSR count). The Morgan fingerprint density at radius 2 is 1.75 bits per heavy atom. The molecule has 0 fully saturated rings. The molecule has 96 valence electrons.